The van der Waals surface area contributed by atoms with Gasteiger partial charge in [0.05, 0.1) is 13.7 Å². The van der Waals surface area contributed by atoms with Crippen molar-refractivity contribution in [2.45, 2.75) is 19.1 Å². The van der Waals surface area contributed by atoms with E-state index in [0.717, 1.165) is 16.7 Å². The van der Waals surface area contributed by atoms with Gasteiger partial charge in [-0.15, -0.1) is 0 Å². The predicted octanol–water partition coefficient (Wildman–Crippen LogP) is 4.52. The van der Waals surface area contributed by atoms with Crippen molar-refractivity contribution < 1.29 is 14.6 Å². The Morgan fingerprint density at radius 2 is 1.42 bits per heavy atom. The number of rotatable bonds is 7. The highest BCUT2D eigenvalue weighted by molar-refractivity contribution is 5.53. The molecule has 0 bridgehead atoms. The van der Waals surface area contributed by atoms with E-state index in [1.807, 2.05) is 85.8 Å². The number of aliphatic hydroxyl groups is 1. The third kappa shape index (κ3) is 3.50. The van der Waals surface area contributed by atoms with Crippen molar-refractivity contribution >= 4 is 0 Å². The molecule has 3 rings (SSSR count). The fourth-order valence-corrected chi connectivity index (χ4v) is 3.18. The Bertz CT molecular complexity index is 789. The van der Waals surface area contributed by atoms with Gasteiger partial charge in [0.15, 0.2) is 0 Å². The largest absolute Gasteiger partial charge is 0.496 e. The molecule has 3 aromatic carbocycles. The summed E-state index contributed by atoms with van der Waals surface area (Å²) in [5.74, 6) is 0.636. The van der Waals surface area contributed by atoms with Crippen LogP contribution in [-0.4, -0.2) is 18.8 Å². The summed E-state index contributed by atoms with van der Waals surface area (Å²) in [5, 5.41) is 11.9. The maximum Gasteiger partial charge on any atom is 0.144 e. The van der Waals surface area contributed by atoms with E-state index in [2.05, 4.69) is 0 Å². The zero-order valence-electron chi connectivity index (χ0n) is 15.2. The Balaban J connectivity index is 2.17. The first-order valence-corrected chi connectivity index (χ1v) is 8.78. The molecule has 0 heterocycles. The third-order valence-corrected chi connectivity index (χ3v) is 4.51. The number of benzene rings is 3. The zero-order valence-corrected chi connectivity index (χ0v) is 15.2. The van der Waals surface area contributed by atoms with Crippen molar-refractivity contribution in [3.05, 3.63) is 101 Å². The van der Waals surface area contributed by atoms with Gasteiger partial charge in [0.2, 0.25) is 0 Å². The maximum atomic E-state index is 11.9. The molecule has 1 N–H and O–H groups in total. The molecule has 0 amide bonds. The Kier molecular flexibility index (Phi) is 5.71. The van der Waals surface area contributed by atoms with Crippen LogP contribution >= 0.6 is 0 Å². The standard InChI is InChI=1S/C23H24O3/c1-3-26-17-18-14-15-21(22(16-18)25-2)23(24,19-10-6-4-7-11-19)20-12-8-5-9-13-20/h4-16,24H,3,17H2,1-2H3. The van der Waals surface area contributed by atoms with Gasteiger partial charge in [0, 0.05) is 12.2 Å². The fraction of sp³-hybridized carbons (Fsp3) is 0.217. The smallest absolute Gasteiger partial charge is 0.144 e. The molecule has 0 saturated carbocycles. The van der Waals surface area contributed by atoms with Crippen molar-refractivity contribution in [2.24, 2.45) is 0 Å². The minimum atomic E-state index is -1.31. The topological polar surface area (TPSA) is 38.7 Å². The zero-order chi connectivity index (χ0) is 18.4. The van der Waals surface area contributed by atoms with E-state index < -0.39 is 5.60 Å². The summed E-state index contributed by atoms with van der Waals surface area (Å²) in [7, 11) is 1.62. The Hall–Kier alpha value is -2.62. The van der Waals surface area contributed by atoms with Crippen molar-refractivity contribution in [2.75, 3.05) is 13.7 Å². The summed E-state index contributed by atoms with van der Waals surface area (Å²) in [6, 6.07) is 25.2. The molecular formula is C23H24O3. The summed E-state index contributed by atoms with van der Waals surface area (Å²) in [4.78, 5) is 0. The Labute approximate surface area is 154 Å². The minimum Gasteiger partial charge on any atom is -0.496 e. The van der Waals surface area contributed by atoms with Gasteiger partial charge in [-0.1, -0.05) is 72.8 Å². The second-order valence-electron chi connectivity index (χ2n) is 6.11. The van der Waals surface area contributed by atoms with Crippen LogP contribution in [0.5, 0.6) is 5.75 Å². The van der Waals surface area contributed by atoms with Crippen molar-refractivity contribution in [1.29, 1.82) is 0 Å². The average molecular weight is 348 g/mol. The Morgan fingerprint density at radius 3 is 1.92 bits per heavy atom. The molecule has 0 radical (unpaired) electrons. The number of ether oxygens (including phenoxy) is 2. The van der Waals surface area contributed by atoms with Crippen LogP contribution in [-0.2, 0) is 16.9 Å². The first-order valence-electron chi connectivity index (χ1n) is 8.78. The molecule has 134 valence electrons. The predicted molar refractivity (Wildman–Crippen MR) is 103 cm³/mol. The third-order valence-electron chi connectivity index (χ3n) is 4.51. The van der Waals surface area contributed by atoms with Crippen molar-refractivity contribution in [1.82, 2.24) is 0 Å². The average Bonchev–Trinajstić information content (AvgIpc) is 2.72. The number of hydrogen-bond donors (Lipinski definition) is 1. The van der Waals surface area contributed by atoms with Crippen LogP contribution in [0.3, 0.4) is 0 Å². The molecule has 0 aliphatic rings. The molecule has 0 aliphatic heterocycles. The van der Waals surface area contributed by atoms with E-state index in [1.54, 1.807) is 7.11 Å². The normalized spacial score (nSPS) is 11.3. The van der Waals surface area contributed by atoms with Crippen molar-refractivity contribution in [3.8, 4) is 5.75 Å². The quantitative estimate of drug-likeness (QED) is 0.638. The van der Waals surface area contributed by atoms with Gasteiger partial charge in [-0.3, -0.25) is 0 Å². The van der Waals surface area contributed by atoms with Crippen molar-refractivity contribution in [3.63, 3.8) is 0 Å². The van der Waals surface area contributed by atoms with Gasteiger partial charge >= 0.3 is 0 Å². The first kappa shape index (κ1) is 18.2. The summed E-state index contributed by atoms with van der Waals surface area (Å²) in [5.41, 5.74) is 2.00. The van der Waals surface area contributed by atoms with Gasteiger partial charge in [-0.25, -0.2) is 0 Å². The van der Waals surface area contributed by atoms with Crippen LogP contribution in [0.15, 0.2) is 78.9 Å². The van der Waals surface area contributed by atoms with Gasteiger partial charge in [0.25, 0.3) is 0 Å². The van der Waals surface area contributed by atoms with Crippen LogP contribution in [0.25, 0.3) is 0 Å². The molecule has 0 atom stereocenters. The minimum absolute atomic E-state index is 0.516. The lowest BCUT2D eigenvalue weighted by Crippen LogP contribution is -2.29. The molecule has 3 heteroatoms. The molecule has 3 nitrogen and oxygen atoms in total. The highest BCUT2D eigenvalue weighted by Crippen LogP contribution is 2.41. The van der Waals surface area contributed by atoms with Gasteiger partial charge in [-0.05, 0) is 29.7 Å². The van der Waals surface area contributed by atoms with E-state index in [1.165, 1.54) is 0 Å². The number of hydrogen-bond acceptors (Lipinski definition) is 3. The lowest BCUT2D eigenvalue weighted by atomic mass is 9.79. The molecule has 3 aromatic rings. The highest BCUT2D eigenvalue weighted by atomic mass is 16.5. The van der Waals surface area contributed by atoms with E-state index in [9.17, 15) is 5.11 Å². The SMILES string of the molecule is CCOCc1ccc(C(O)(c2ccccc2)c2ccccc2)c(OC)c1. The lowest BCUT2D eigenvalue weighted by molar-refractivity contribution is 0.121. The second-order valence-corrected chi connectivity index (χ2v) is 6.11. The highest BCUT2D eigenvalue weighted by Gasteiger charge is 2.36. The van der Waals surface area contributed by atoms with Gasteiger partial charge in [-0.2, -0.15) is 0 Å². The molecule has 0 spiro atoms. The van der Waals surface area contributed by atoms with Crippen LogP contribution in [0.4, 0.5) is 0 Å². The van der Waals surface area contributed by atoms with Crippen LogP contribution < -0.4 is 4.74 Å². The molecule has 0 aliphatic carbocycles. The summed E-state index contributed by atoms with van der Waals surface area (Å²) in [6.07, 6.45) is 0. The summed E-state index contributed by atoms with van der Waals surface area (Å²) in [6.45, 7) is 3.14. The molecular weight excluding hydrogens is 324 g/mol. The number of methoxy groups -OCH3 is 1. The van der Waals surface area contributed by atoms with Crippen LogP contribution in [0.2, 0.25) is 0 Å². The first-order chi connectivity index (χ1) is 12.7. The van der Waals surface area contributed by atoms with Gasteiger partial charge < -0.3 is 14.6 Å². The molecule has 26 heavy (non-hydrogen) atoms. The van der Waals surface area contributed by atoms with E-state index in [4.69, 9.17) is 9.47 Å². The van der Waals surface area contributed by atoms with Crippen LogP contribution in [0.1, 0.15) is 29.2 Å². The van der Waals surface area contributed by atoms with E-state index in [0.29, 0.717) is 24.5 Å². The van der Waals surface area contributed by atoms with E-state index >= 15 is 0 Å². The van der Waals surface area contributed by atoms with E-state index in [-0.39, 0.29) is 0 Å². The molecule has 0 aromatic heterocycles. The van der Waals surface area contributed by atoms with Crippen LogP contribution in [0, 0.1) is 0 Å². The summed E-state index contributed by atoms with van der Waals surface area (Å²) < 4.78 is 11.1. The summed E-state index contributed by atoms with van der Waals surface area (Å²) >= 11 is 0. The molecule has 0 fully saturated rings. The second kappa shape index (κ2) is 8.17. The maximum absolute atomic E-state index is 11.9. The lowest BCUT2D eigenvalue weighted by Gasteiger charge is -2.31. The fourth-order valence-electron chi connectivity index (χ4n) is 3.18. The monoisotopic (exact) mass is 348 g/mol. The van der Waals surface area contributed by atoms with Gasteiger partial charge in [0.1, 0.15) is 11.4 Å². The Morgan fingerprint density at radius 1 is 0.846 bits per heavy atom. The molecule has 0 unspecified atom stereocenters. The molecule has 0 saturated heterocycles.